The molecule has 3 heterocycles. The molecule has 2 aromatic heterocycles. The van der Waals surface area contributed by atoms with E-state index < -0.39 is 0 Å². The normalized spacial score (nSPS) is 20.2. The van der Waals surface area contributed by atoms with Crippen molar-refractivity contribution in [1.29, 1.82) is 0 Å². The Bertz CT molecular complexity index is 750. The molecule has 1 aliphatic rings. The molecular weight excluding hydrogens is 324 g/mol. The van der Waals surface area contributed by atoms with Gasteiger partial charge in [-0.3, -0.25) is 14.6 Å². The van der Waals surface area contributed by atoms with Crippen molar-refractivity contribution in [2.75, 3.05) is 13.2 Å². The largest absolute Gasteiger partial charge is 0.379 e. The molecule has 132 valence electrons. The van der Waals surface area contributed by atoms with Gasteiger partial charge < -0.3 is 19.8 Å². The summed E-state index contributed by atoms with van der Waals surface area (Å²) in [5.74, 6) is -0.239. The Morgan fingerprint density at radius 1 is 1.44 bits per heavy atom. The van der Waals surface area contributed by atoms with Crippen LogP contribution in [0.15, 0.2) is 41.7 Å². The first kappa shape index (κ1) is 17.2. The molecule has 25 heavy (non-hydrogen) atoms. The number of nitrogens with zero attached hydrogens (tertiary/aromatic N) is 2. The van der Waals surface area contributed by atoms with E-state index in [4.69, 9.17) is 9.47 Å². The van der Waals surface area contributed by atoms with Crippen molar-refractivity contribution < 1.29 is 14.3 Å². The summed E-state index contributed by atoms with van der Waals surface area (Å²) >= 11 is 0. The van der Waals surface area contributed by atoms with Gasteiger partial charge in [0.15, 0.2) is 0 Å². The molecule has 0 radical (unpaired) electrons. The molecule has 8 heteroatoms. The second-order valence-corrected chi connectivity index (χ2v) is 5.79. The Morgan fingerprint density at radius 3 is 3.16 bits per heavy atom. The van der Waals surface area contributed by atoms with Crippen LogP contribution in [-0.2, 0) is 27.3 Å². The fourth-order valence-corrected chi connectivity index (χ4v) is 2.65. The molecule has 0 bridgehead atoms. The highest BCUT2D eigenvalue weighted by Crippen LogP contribution is 2.13. The van der Waals surface area contributed by atoms with Crippen LogP contribution in [0.3, 0.4) is 0 Å². The maximum atomic E-state index is 12.3. The third-order valence-corrected chi connectivity index (χ3v) is 3.97. The molecule has 0 unspecified atom stereocenters. The fourth-order valence-electron chi connectivity index (χ4n) is 2.65. The number of hydrogen-bond donors (Lipinski definition) is 2. The maximum absolute atomic E-state index is 12.3. The van der Waals surface area contributed by atoms with Crippen LogP contribution in [0.25, 0.3) is 0 Å². The summed E-state index contributed by atoms with van der Waals surface area (Å²) in [6, 6.07) is 5.46. The number of rotatable bonds is 6. The number of carbonyl (C=O) groups excluding carboxylic acids is 1. The van der Waals surface area contributed by atoms with E-state index in [9.17, 15) is 9.59 Å². The molecule has 1 amide bonds. The first-order valence-electron chi connectivity index (χ1n) is 8.12. The lowest BCUT2D eigenvalue weighted by Gasteiger charge is -2.32. The molecule has 1 saturated heterocycles. The van der Waals surface area contributed by atoms with E-state index in [1.807, 2.05) is 18.2 Å². The van der Waals surface area contributed by atoms with Crippen molar-refractivity contribution in [1.82, 2.24) is 20.3 Å². The predicted molar refractivity (Wildman–Crippen MR) is 88.7 cm³/mol. The van der Waals surface area contributed by atoms with Crippen molar-refractivity contribution in [3.05, 3.63) is 58.5 Å². The monoisotopic (exact) mass is 344 g/mol. The molecule has 0 spiro atoms. The Balaban J connectivity index is 1.56. The molecule has 2 atom stereocenters. The molecule has 0 aliphatic carbocycles. The lowest BCUT2D eigenvalue weighted by atomic mass is 10.1. The minimum absolute atomic E-state index is 0.0203. The summed E-state index contributed by atoms with van der Waals surface area (Å²) in [6.45, 7) is 1.32. The van der Waals surface area contributed by atoms with Gasteiger partial charge in [-0.15, -0.1) is 0 Å². The van der Waals surface area contributed by atoms with E-state index in [-0.39, 0.29) is 30.0 Å². The summed E-state index contributed by atoms with van der Waals surface area (Å²) < 4.78 is 11.3. The number of aromatic nitrogens is 3. The second kappa shape index (κ2) is 8.50. The topological polar surface area (TPSA) is 106 Å². The molecule has 0 saturated carbocycles. The van der Waals surface area contributed by atoms with Crippen LogP contribution in [0.1, 0.15) is 17.7 Å². The molecule has 2 aromatic rings. The van der Waals surface area contributed by atoms with E-state index in [0.717, 1.165) is 5.69 Å². The second-order valence-electron chi connectivity index (χ2n) is 5.79. The van der Waals surface area contributed by atoms with Gasteiger partial charge in [0, 0.05) is 24.6 Å². The quantitative estimate of drug-likeness (QED) is 0.775. The van der Waals surface area contributed by atoms with E-state index in [1.165, 1.54) is 12.5 Å². The number of nitrogens with one attached hydrogen (secondary N) is 2. The van der Waals surface area contributed by atoms with Crippen molar-refractivity contribution in [2.45, 2.75) is 31.6 Å². The lowest BCUT2D eigenvalue weighted by molar-refractivity contribution is -0.126. The highest BCUT2D eigenvalue weighted by Gasteiger charge is 2.28. The van der Waals surface area contributed by atoms with Crippen molar-refractivity contribution in [3.63, 3.8) is 0 Å². The predicted octanol–water partition coefficient (Wildman–Crippen LogP) is 0.198. The third kappa shape index (κ3) is 4.94. The Kier molecular flexibility index (Phi) is 5.86. The van der Waals surface area contributed by atoms with Crippen molar-refractivity contribution in [3.8, 4) is 0 Å². The first-order valence-corrected chi connectivity index (χ1v) is 8.12. The summed E-state index contributed by atoms with van der Waals surface area (Å²) in [5, 5.41) is 2.94. The lowest BCUT2D eigenvalue weighted by Crippen LogP contribution is -2.50. The SMILES string of the molecule is O=C(Cc1cnc[nH]c1=O)N[C@@H]1CCOC[C@H]1OCc1ccccn1. The van der Waals surface area contributed by atoms with E-state index in [1.54, 1.807) is 6.20 Å². The van der Waals surface area contributed by atoms with Gasteiger partial charge in [0.25, 0.3) is 5.56 Å². The summed E-state index contributed by atoms with van der Waals surface area (Å²) in [6.07, 6.45) is 4.78. The van der Waals surface area contributed by atoms with Crippen LogP contribution >= 0.6 is 0 Å². The van der Waals surface area contributed by atoms with Crippen molar-refractivity contribution in [2.24, 2.45) is 0 Å². The van der Waals surface area contributed by atoms with Gasteiger partial charge in [0.2, 0.25) is 5.91 Å². The highest BCUT2D eigenvalue weighted by molar-refractivity contribution is 5.78. The first-order chi connectivity index (χ1) is 12.2. The van der Waals surface area contributed by atoms with Crippen LogP contribution < -0.4 is 10.9 Å². The van der Waals surface area contributed by atoms with Gasteiger partial charge in [-0.05, 0) is 18.6 Å². The molecule has 8 nitrogen and oxygen atoms in total. The van der Waals surface area contributed by atoms with E-state index in [2.05, 4.69) is 20.3 Å². The van der Waals surface area contributed by atoms with E-state index >= 15 is 0 Å². The average Bonchev–Trinajstić information content (AvgIpc) is 2.64. The zero-order valence-corrected chi connectivity index (χ0v) is 13.7. The summed E-state index contributed by atoms with van der Waals surface area (Å²) in [4.78, 5) is 34.4. The van der Waals surface area contributed by atoms with Gasteiger partial charge in [0.05, 0.1) is 37.7 Å². The molecule has 1 fully saturated rings. The number of carbonyl (C=O) groups is 1. The van der Waals surface area contributed by atoms with Crippen LogP contribution in [0.4, 0.5) is 0 Å². The zero-order chi connectivity index (χ0) is 17.5. The van der Waals surface area contributed by atoms with Gasteiger partial charge in [-0.25, -0.2) is 4.98 Å². The van der Waals surface area contributed by atoms with Gasteiger partial charge >= 0.3 is 0 Å². The molecule has 1 aliphatic heterocycles. The molecular formula is C17H20N4O4. The maximum Gasteiger partial charge on any atom is 0.254 e. The minimum atomic E-state index is -0.305. The molecule has 3 rings (SSSR count). The number of H-pyrrole nitrogens is 1. The average molecular weight is 344 g/mol. The number of amides is 1. The Morgan fingerprint density at radius 2 is 2.36 bits per heavy atom. The highest BCUT2D eigenvalue weighted by atomic mass is 16.5. The van der Waals surface area contributed by atoms with Gasteiger partial charge in [-0.2, -0.15) is 0 Å². The Labute approximate surface area is 144 Å². The third-order valence-electron chi connectivity index (χ3n) is 3.97. The van der Waals surface area contributed by atoms with Gasteiger partial charge in [-0.1, -0.05) is 6.07 Å². The Hall–Kier alpha value is -2.58. The zero-order valence-electron chi connectivity index (χ0n) is 13.7. The van der Waals surface area contributed by atoms with E-state index in [0.29, 0.717) is 31.8 Å². The summed E-state index contributed by atoms with van der Waals surface area (Å²) in [7, 11) is 0. The minimum Gasteiger partial charge on any atom is -0.379 e. The van der Waals surface area contributed by atoms with Crippen molar-refractivity contribution >= 4 is 5.91 Å². The van der Waals surface area contributed by atoms with Crippen LogP contribution in [-0.4, -0.2) is 46.2 Å². The number of hydrogen-bond acceptors (Lipinski definition) is 6. The van der Waals surface area contributed by atoms with Gasteiger partial charge in [0.1, 0.15) is 6.10 Å². The number of aromatic amines is 1. The van der Waals surface area contributed by atoms with Crippen LogP contribution in [0, 0.1) is 0 Å². The fraction of sp³-hybridized carbons (Fsp3) is 0.412. The molecule has 0 aromatic carbocycles. The smallest absolute Gasteiger partial charge is 0.254 e. The molecule has 2 N–H and O–H groups in total. The van der Waals surface area contributed by atoms with Crippen LogP contribution in [0.2, 0.25) is 0 Å². The summed E-state index contributed by atoms with van der Waals surface area (Å²) in [5.41, 5.74) is 0.845. The number of pyridine rings is 1. The number of ether oxygens (including phenoxy) is 2. The van der Waals surface area contributed by atoms with Crippen LogP contribution in [0.5, 0.6) is 0 Å². The standard InChI is InChI=1S/C17H20N4O4/c22-16(7-12-8-18-11-20-17(12)23)21-14-4-6-24-10-15(14)25-9-13-3-1-2-5-19-13/h1-3,5,8,11,14-15H,4,6-7,9-10H2,(H,21,22)(H,18,20,23)/t14-,15-/m1/s1.